The number of hydrogen-bond donors (Lipinski definition) is 0. The van der Waals surface area contributed by atoms with Crippen molar-refractivity contribution in [1.82, 2.24) is 9.80 Å². The molecule has 2 heterocycles. The number of amides is 1. The highest BCUT2D eigenvalue weighted by molar-refractivity contribution is 5.91. The first-order valence-corrected chi connectivity index (χ1v) is 8.19. The molecule has 124 valence electrons. The Bertz CT molecular complexity index is 708. The van der Waals surface area contributed by atoms with Gasteiger partial charge in [-0.2, -0.15) is 5.26 Å². The van der Waals surface area contributed by atoms with E-state index in [9.17, 15) is 10.1 Å². The van der Waals surface area contributed by atoms with Gasteiger partial charge in [-0.3, -0.25) is 9.69 Å². The van der Waals surface area contributed by atoms with Crippen LogP contribution >= 0.6 is 0 Å². The maximum atomic E-state index is 12.3. The minimum atomic E-state index is -0.159. The van der Waals surface area contributed by atoms with Gasteiger partial charge in [-0.15, -0.1) is 0 Å². The van der Waals surface area contributed by atoms with Crippen molar-refractivity contribution in [2.24, 2.45) is 0 Å². The molecule has 0 N–H and O–H groups in total. The Hall–Kier alpha value is -2.58. The number of nitrogens with zero attached hydrogens (tertiary/aromatic N) is 3. The monoisotopic (exact) mass is 323 g/mol. The Kier molecular flexibility index (Phi) is 4.97. The summed E-state index contributed by atoms with van der Waals surface area (Å²) < 4.78 is 5.18. The summed E-state index contributed by atoms with van der Waals surface area (Å²) in [7, 11) is 0. The van der Waals surface area contributed by atoms with E-state index in [-0.39, 0.29) is 11.9 Å². The Morgan fingerprint density at radius 1 is 1.21 bits per heavy atom. The SMILES string of the molecule is Cc1ccc(C[C@@H](C#N)N2CCN(C(=O)c3ccco3)CC2)cc1. The van der Waals surface area contributed by atoms with Crippen LogP contribution in [0.15, 0.2) is 47.1 Å². The number of furan rings is 1. The normalized spacial score (nSPS) is 16.6. The van der Waals surface area contributed by atoms with Crippen molar-refractivity contribution in [2.75, 3.05) is 26.2 Å². The first-order valence-electron chi connectivity index (χ1n) is 8.19. The van der Waals surface area contributed by atoms with E-state index in [1.165, 1.54) is 17.4 Å². The van der Waals surface area contributed by atoms with Gasteiger partial charge in [0.2, 0.25) is 0 Å². The van der Waals surface area contributed by atoms with Gasteiger partial charge < -0.3 is 9.32 Å². The number of benzene rings is 1. The minimum Gasteiger partial charge on any atom is -0.459 e. The molecular formula is C19H21N3O2. The maximum absolute atomic E-state index is 12.3. The molecule has 3 rings (SSSR count). The van der Waals surface area contributed by atoms with Gasteiger partial charge in [0.1, 0.15) is 6.04 Å². The average molecular weight is 323 g/mol. The van der Waals surface area contributed by atoms with E-state index in [1.54, 1.807) is 17.0 Å². The van der Waals surface area contributed by atoms with E-state index in [4.69, 9.17) is 4.42 Å². The Morgan fingerprint density at radius 3 is 2.50 bits per heavy atom. The van der Waals surface area contributed by atoms with Crippen molar-refractivity contribution in [3.8, 4) is 6.07 Å². The minimum absolute atomic E-state index is 0.0771. The second kappa shape index (κ2) is 7.33. The lowest BCUT2D eigenvalue weighted by Gasteiger charge is -2.36. The molecule has 0 saturated carbocycles. The summed E-state index contributed by atoms with van der Waals surface area (Å²) in [5.41, 5.74) is 2.39. The van der Waals surface area contributed by atoms with Gasteiger partial charge in [0.15, 0.2) is 5.76 Å². The van der Waals surface area contributed by atoms with E-state index in [1.807, 2.05) is 0 Å². The van der Waals surface area contributed by atoms with Crippen LogP contribution < -0.4 is 0 Å². The molecule has 0 unspecified atom stereocenters. The lowest BCUT2D eigenvalue weighted by atomic mass is 10.0. The molecule has 1 amide bonds. The van der Waals surface area contributed by atoms with Gasteiger partial charge in [-0.1, -0.05) is 29.8 Å². The lowest BCUT2D eigenvalue weighted by Crippen LogP contribution is -2.52. The Morgan fingerprint density at radius 2 is 1.92 bits per heavy atom. The summed E-state index contributed by atoms with van der Waals surface area (Å²) in [6, 6.07) is 14.0. The average Bonchev–Trinajstić information content (AvgIpc) is 3.15. The fourth-order valence-electron chi connectivity index (χ4n) is 3.00. The van der Waals surface area contributed by atoms with Crippen LogP contribution in [0.1, 0.15) is 21.7 Å². The van der Waals surface area contributed by atoms with E-state index >= 15 is 0 Å². The van der Waals surface area contributed by atoms with Gasteiger partial charge in [-0.25, -0.2) is 0 Å². The maximum Gasteiger partial charge on any atom is 0.289 e. The van der Waals surface area contributed by atoms with Crippen LogP contribution in [0.5, 0.6) is 0 Å². The standard InChI is InChI=1S/C19H21N3O2/c1-15-4-6-16(7-5-15)13-17(14-20)21-8-10-22(11-9-21)19(23)18-3-2-12-24-18/h2-7,12,17H,8-11,13H2,1H3/t17-/m0/s1. The molecule has 1 aliphatic rings. The zero-order valence-corrected chi connectivity index (χ0v) is 13.8. The van der Waals surface area contributed by atoms with E-state index in [0.717, 1.165) is 0 Å². The van der Waals surface area contributed by atoms with Crippen LogP contribution in [0.4, 0.5) is 0 Å². The Balaban J connectivity index is 1.57. The molecule has 1 saturated heterocycles. The van der Waals surface area contributed by atoms with E-state index < -0.39 is 0 Å². The first kappa shape index (κ1) is 16.3. The molecule has 1 aliphatic heterocycles. The summed E-state index contributed by atoms with van der Waals surface area (Å²) in [4.78, 5) is 16.2. The second-order valence-corrected chi connectivity index (χ2v) is 6.14. The molecule has 0 aliphatic carbocycles. The molecule has 0 spiro atoms. The summed E-state index contributed by atoms with van der Waals surface area (Å²) >= 11 is 0. The molecule has 5 heteroatoms. The summed E-state index contributed by atoms with van der Waals surface area (Å²) in [6.45, 7) is 4.70. The highest BCUT2D eigenvalue weighted by atomic mass is 16.3. The highest BCUT2D eigenvalue weighted by Gasteiger charge is 2.27. The lowest BCUT2D eigenvalue weighted by molar-refractivity contribution is 0.0576. The third-order valence-corrected chi connectivity index (χ3v) is 4.47. The van der Waals surface area contributed by atoms with Crippen LogP contribution in [-0.4, -0.2) is 47.9 Å². The number of piperazine rings is 1. The predicted octanol–water partition coefficient (Wildman–Crippen LogP) is 2.48. The molecule has 24 heavy (non-hydrogen) atoms. The van der Waals surface area contributed by atoms with Crippen LogP contribution in [0.3, 0.4) is 0 Å². The van der Waals surface area contributed by atoms with E-state index in [0.29, 0.717) is 38.4 Å². The number of nitriles is 1. The first-order chi connectivity index (χ1) is 11.7. The van der Waals surface area contributed by atoms with Crippen LogP contribution in [-0.2, 0) is 6.42 Å². The molecule has 5 nitrogen and oxygen atoms in total. The summed E-state index contributed by atoms with van der Waals surface area (Å²) in [5, 5.41) is 9.53. The molecule has 1 aromatic heterocycles. The van der Waals surface area contributed by atoms with Crippen LogP contribution in [0, 0.1) is 18.3 Å². The fraction of sp³-hybridized carbons (Fsp3) is 0.368. The number of carbonyl (C=O) groups excluding carboxylic acids is 1. The fourth-order valence-corrected chi connectivity index (χ4v) is 3.00. The molecular weight excluding hydrogens is 302 g/mol. The van der Waals surface area contributed by atoms with Crippen molar-refractivity contribution in [3.05, 3.63) is 59.5 Å². The third-order valence-electron chi connectivity index (χ3n) is 4.47. The molecule has 1 fully saturated rings. The predicted molar refractivity (Wildman–Crippen MR) is 90.5 cm³/mol. The van der Waals surface area contributed by atoms with Crippen LogP contribution in [0.2, 0.25) is 0 Å². The van der Waals surface area contributed by atoms with Gasteiger partial charge in [-0.05, 0) is 24.6 Å². The number of rotatable bonds is 4. The zero-order valence-electron chi connectivity index (χ0n) is 13.8. The molecule has 0 radical (unpaired) electrons. The molecule has 1 atom stereocenters. The smallest absolute Gasteiger partial charge is 0.289 e. The second-order valence-electron chi connectivity index (χ2n) is 6.14. The van der Waals surface area contributed by atoms with Gasteiger partial charge in [0.05, 0.1) is 12.3 Å². The summed E-state index contributed by atoms with van der Waals surface area (Å²) in [6.07, 6.45) is 2.22. The number of aryl methyl sites for hydroxylation is 1. The molecule has 2 aromatic rings. The van der Waals surface area contributed by atoms with Gasteiger partial charge in [0.25, 0.3) is 5.91 Å². The highest BCUT2D eigenvalue weighted by Crippen LogP contribution is 2.14. The van der Waals surface area contributed by atoms with Crippen molar-refractivity contribution in [2.45, 2.75) is 19.4 Å². The van der Waals surface area contributed by atoms with Crippen molar-refractivity contribution in [1.29, 1.82) is 5.26 Å². The topological polar surface area (TPSA) is 60.5 Å². The quantitative estimate of drug-likeness (QED) is 0.867. The molecule has 1 aromatic carbocycles. The van der Waals surface area contributed by atoms with E-state index in [2.05, 4.69) is 42.2 Å². The zero-order chi connectivity index (χ0) is 16.9. The van der Waals surface area contributed by atoms with Crippen molar-refractivity contribution in [3.63, 3.8) is 0 Å². The van der Waals surface area contributed by atoms with Gasteiger partial charge in [0, 0.05) is 32.6 Å². The van der Waals surface area contributed by atoms with Crippen molar-refractivity contribution < 1.29 is 9.21 Å². The van der Waals surface area contributed by atoms with Gasteiger partial charge >= 0.3 is 0 Å². The van der Waals surface area contributed by atoms with Crippen LogP contribution in [0.25, 0.3) is 0 Å². The number of carbonyl (C=O) groups is 1. The third kappa shape index (κ3) is 3.66. The van der Waals surface area contributed by atoms with Crippen molar-refractivity contribution >= 4 is 5.91 Å². The largest absolute Gasteiger partial charge is 0.459 e. The molecule has 0 bridgehead atoms. The number of hydrogen-bond acceptors (Lipinski definition) is 4. The Labute approximate surface area is 142 Å². The summed E-state index contributed by atoms with van der Waals surface area (Å²) in [5.74, 6) is 0.298.